The van der Waals surface area contributed by atoms with E-state index >= 15 is 4.79 Å². The van der Waals surface area contributed by atoms with Crippen LogP contribution in [0.1, 0.15) is 183 Å². The molecule has 2 heterocycles. The fraction of sp³-hybridized carbons (Fsp3) is 0.746. The molecule has 0 unspecified atom stereocenters. The summed E-state index contributed by atoms with van der Waals surface area (Å²) in [5.74, 6) is -14.4. The van der Waals surface area contributed by atoms with E-state index in [2.05, 4.69) is 73.5 Å². The quantitative estimate of drug-likeness (QED) is 0.0153. The summed E-state index contributed by atoms with van der Waals surface area (Å²) >= 11 is 0. The van der Waals surface area contributed by atoms with Crippen molar-refractivity contribution in [2.75, 3.05) is 45.8 Å². The minimum absolute atomic E-state index is 0.00951. The van der Waals surface area contributed by atoms with Gasteiger partial charge in [-0.2, -0.15) is 0 Å². The van der Waals surface area contributed by atoms with Gasteiger partial charge in [0, 0.05) is 32.6 Å². The van der Waals surface area contributed by atoms with Crippen LogP contribution < -0.4 is 116 Å². The van der Waals surface area contributed by atoms with Crippen LogP contribution in [0.25, 0.3) is 0 Å². The lowest BCUT2D eigenvalue weighted by atomic mass is 9.96. The summed E-state index contributed by atoms with van der Waals surface area (Å²) in [5.41, 5.74) is 56.0. The first-order valence-corrected chi connectivity index (χ1v) is 37.0. The number of amides is 13. The van der Waals surface area contributed by atoms with E-state index in [0.717, 1.165) is 6.42 Å². The second-order valence-corrected chi connectivity index (χ2v) is 27.6. The number of unbranched alkanes of at least 4 members (excludes halogenated alkanes) is 2. The molecular formula is C67H123N25O15. The first-order chi connectivity index (χ1) is 50.6. The molecule has 0 bridgehead atoms. The summed E-state index contributed by atoms with van der Waals surface area (Å²) in [4.78, 5) is 207. The number of hydrogen-bond donors (Lipinski definition) is 22. The molecular weight excluding hydrogens is 1390 g/mol. The van der Waals surface area contributed by atoms with E-state index in [9.17, 15) is 67.4 Å². The summed E-state index contributed by atoms with van der Waals surface area (Å²) in [7, 11) is 0. The van der Waals surface area contributed by atoms with Gasteiger partial charge in [0.25, 0.3) is 0 Å². The number of carbonyl (C=O) groups is 14. The smallest absolute Gasteiger partial charge is 0.326 e. The topological polar surface area (TPSA) is 692 Å². The maximum atomic E-state index is 15.0. The van der Waals surface area contributed by atoms with Crippen LogP contribution in [0.5, 0.6) is 0 Å². The first kappa shape index (κ1) is 93.4. The van der Waals surface area contributed by atoms with Crippen molar-refractivity contribution in [1.29, 1.82) is 0 Å². The van der Waals surface area contributed by atoms with Crippen molar-refractivity contribution in [1.82, 2.24) is 63.4 Å². The summed E-state index contributed by atoms with van der Waals surface area (Å²) in [5, 5.41) is 39.4. The van der Waals surface area contributed by atoms with Crippen LogP contribution in [-0.4, -0.2) is 229 Å². The molecule has 40 heteroatoms. The summed E-state index contributed by atoms with van der Waals surface area (Å²) in [6.45, 7) is 11.5. The molecule has 0 spiro atoms. The van der Waals surface area contributed by atoms with Crippen LogP contribution in [0, 0.1) is 17.8 Å². The minimum Gasteiger partial charge on any atom is -0.480 e. The number of hydrogen-bond acceptors (Lipinski definition) is 20. The van der Waals surface area contributed by atoms with E-state index < -0.39 is 174 Å². The number of aliphatic carboxylic acids is 1. The molecule has 40 nitrogen and oxygen atoms in total. The molecule has 0 aromatic heterocycles. The number of primary amides is 2. The van der Waals surface area contributed by atoms with Gasteiger partial charge >= 0.3 is 5.97 Å². The van der Waals surface area contributed by atoms with Crippen molar-refractivity contribution in [3.05, 3.63) is 0 Å². The van der Waals surface area contributed by atoms with Gasteiger partial charge in [-0.25, -0.2) is 4.79 Å². The molecule has 0 radical (unpaired) electrons. The van der Waals surface area contributed by atoms with Gasteiger partial charge in [0.05, 0.1) is 12.5 Å². The molecule has 0 aromatic rings. The zero-order valence-corrected chi connectivity index (χ0v) is 62.9. The molecule has 0 aliphatic carbocycles. The number of nitrogens with two attached hydrogens (primary N) is 10. The molecule has 0 aromatic carbocycles. The number of carboxylic acids is 1. The van der Waals surface area contributed by atoms with Crippen LogP contribution in [0.3, 0.4) is 0 Å². The van der Waals surface area contributed by atoms with Gasteiger partial charge in [0.15, 0.2) is 17.9 Å². The van der Waals surface area contributed by atoms with Gasteiger partial charge in [-0.05, 0) is 153 Å². The van der Waals surface area contributed by atoms with Crippen molar-refractivity contribution >= 4 is 101 Å². The normalized spacial score (nSPS) is 17.3. The van der Waals surface area contributed by atoms with Crippen LogP contribution in [0.2, 0.25) is 0 Å². The van der Waals surface area contributed by atoms with Crippen LogP contribution in [-0.2, 0) is 67.1 Å². The lowest BCUT2D eigenvalue weighted by Gasteiger charge is -2.32. The van der Waals surface area contributed by atoms with Crippen molar-refractivity contribution in [3.8, 4) is 0 Å². The number of likely N-dealkylation sites (tertiary alicyclic amines) is 1. The molecule has 2 rings (SSSR count). The third-order valence-corrected chi connectivity index (χ3v) is 18.4. The summed E-state index contributed by atoms with van der Waals surface area (Å²) < 4.78 is 0. The Morgan fingerprint density at radius 3 is 1.24 bits per heavy atom. The Morgan fingerprint density at radius 2 is 0.832 bits per heavy atom. The zero-order chi connectivity index (χ0) is 80.5. The van der Waals surface area contributed by atoms with E-state index in [1.54, 1.807) is 41.5 Å². The second-order valence-electron chi connectivity index (χ2n) is 27.6. The minimum atomic E-state index is -1.75. The Kier molecular flexibility index (Phi) is 43.6. The molecule has 107 heavy (non-hydrogen) atoms. The molecule has 13 amide bonds. The molecule has 14 atom stereocenters. The third kappa shape index (κ3) is 35.5. The molecule has 32 N–H and O–H groups in total. The SMILES string of the molecule is CC[C@H](C)[C@H](NC(=O)[C@H](CCCCN)NC(=O)[C@H](CCCN=C(N)N)NC(=O)[C@@H]1CCCN1C(=O)[C@H](CCCCN)NC(=O)[C@@H](NC(=O)[C@H](CCCN=C(N)N)NC(=O)[C@H](CCCN=C(N)N)NC(=O)[C@@H]1CCCN1)[C@@H](C)CC)C(=O)N[C@@H](CC(N)=O)C(=O)N[C@@H](CC(C)C)C(=O)N[C@@H](CCC(N)=O)C(=O)O. The Morgan fingerprint density at radius 1 is 0.439 bits per heavy atom. The second kappa shape index (κ2) is 49.9. The van der Waals surface area contributed by atoms with E-state index in [4.69, 9.17) is 57.3 Å². The lowest BCUT2D eigenvalue weighted by molar-refractivity contribution is -0.143. The Labute approximate surface area is 625 Å². The number of nitrogens with zero attached hydrogens (tertiary/aromatic N) is 4. The number of aliphatic imine (C=N–C) groups is 3. The van der Waals surface area contributed by atoms with Crippen molar-refractivity contribution in [2.45, 2.75) is 255 Å². The van der Waals surface area contributed by atoms with Gasteiger partial charge in [0.1, 0.15) is 66.5 Å². The van der Waals surface area contributed by atoms with E-state index in [1.165, 1.54) is 4.90 Å². The average molecular weight is 1520 g/mol. The van der Waals surface area contributed by atoms with Gasteiger partial charge in [0.2, 0.25) is 76.8 Å². The standard InChI is InChI=1S/C67H123N25O15/c1-7-37(5)51(90-57(99)43(23-16-32-81-67(76)77)84-54(96)41(21-14-30-79-65(72)73)82-53(95)39-20-13-29-78-39)61(103)86-44(19-10-12-28-69)63(105)92-33-17-24-48(92)60(102)85-42(22-15-31-80-66(74)75)55(97)83-40(18-9-11-27-68)56(98)91-52(38(6)8-2)62(104)89-47(35-50(71)94)59(101)88-46(34-36(3)4)58(100)87-45(64(106)107)25-26-49(70)93/h36-48,51-52,78H,7-35,68-69H2,1-6H3,(H2,70,93)(H2,71,94)(H,82,95)(H,83,97)(H,84,96)(H,85,102)(H,86,103)(H,87,100)(H,88,101)(H,89,104)(H,90,99)(H,91,98)(H,106,107)(H4,72,73,79)(H4,74,75,80)(H4,76,77,81)/t37-,38-,39-,40-,41-,42-,43-,44-,45-,46-,47-,48-,51-,52-/m0/s1. The summed E-state index contributed by atoms with van der Waals surface area (Å²) in [6, 6.07) is -15.9. The number of nitrogens with one attached hydrogen (secondary N) is 11. The van der Waals surface area contributed by atoms with Gasteiger partial charge in [-0.3, -0.25) is 77.3 Å². The highest BCUT2D eigenvalue weighted by Gasteiger charge is 2.42. The monoisotopic (exact) mass is 1520 g/mol. The van der Waals surface area contributed by atoms with Gasteiger partial charge in [-0.1, -0.05) is 54.4 Å². The maximum absolute atomic E-state index is 15.0. The fourth-order valence-electron chi connectivity index (χ4n) is 12.0. The lowest BCUT2D eigenvalue weighted by Crippen LogP contribution is -2.61. The molecule has 2 fully saturated rings. The molecule has 2 aliphatic rings. The highest BCUT2D eigenvalue weighted by atomic mass is 16.4. The number of guanidine groups is 3. The Hall–Kier alpha value is -9.73. The van der Waals surface area contributed by atoms with E-state index in [-0.39, 0.29) is 153 Å². The highest BCUT2D eigenvalue weighted by Crippen LogP contribution is 2.22. The van der Waals surface area contributed by atoms with Crippen LogP contribution in [0.4, 0.5) is 0 Å². The fourth-order valence-corrected chi connectivity index (χ4v) is 12.0. The first-order valence-electron chi connectivity index (χ1n) is 37.0. The zero-order valence-electron chi connectivity index (χ0n) is 62.9. The van der Waals surface area contributed by atoms with E-state index in [0.29, 0.717) is 45.1 Å². The Bertz CT molecular complexity index is 3030. The molecule has 2 saturated heterocycles. The molecule has 2 aliphatic heterocycles. The maximum Gasteiger partial charge on any atom is 0.326 e. The third-order valence-electron chi connectivity index (χ3n) is 18.4. The van der Waals surface area contributed by atoms with Gasteiger partial charge < -0.3 is 126 Å². The Balaban J connectivity index is 2.57. The van der Waals surface area contributed by atoms with Crippen molar-refractivity contribution in [2.24, 2.45) is 90.1 Å². The predicted molar refractivity (Wildman–Crippen MR) is 399 cm³/mol. The van der Waals surface area contributed by atoms with Crippen molar-refractivity contribution < 1.29 is 72.2 Å². The van der Waals surface area contributed by atoms with Crippen molar-refractivity contribution in [3.63, 3.8) is 0 Å². The summed E-state index contributed by atoms with van der Waals surface area (Å²) in [6.07, 6.45) is 2.53. The molecule has 606 valence electrons. The molecule has 0 saturated carbocycles. The number of carboxylic acid groups (broad SMARTS) is 1. The number of carbonyl (C=O) groups excluding carboxylic acids is 13. The van der Waals surface area contributed by atoms with Crippen LogP contribution >= 0.6 is 0 Å². The predicted octanol–water partition coefficient (Wildman–Crippen LogP) is -6.64. The van der Waals surface area contributed by atoms with Gasteiger partial charge in [-0.15, -0.1) is 0 Å². The van der Waals surface area contributed by atoms with Crippen LogP contribution in [0.15, 0.2) is 15.0 Å². The number of rotatable bonds is 53. The van der Waals surface area contributed by atoms with E-state index in [1.807, 2.05) is 0 Å². The largest absolute Gasteiger partial charge is 0.480 e. The average Bonchev–Trinajstić information content (AvgIpc) is 1.75. The highest BCUT2D eigenvalue weighted by molar-refractivity contribution is 6.00.